The number of anilines is 4. The van der Waals surface area contributed by atoms with Gasteiger partial charge in [0.15, 0.2) is 11.6 Å². The normalized spacial score (nSPS) is 11.2. The number of hydrogen-bond acceptors (Lipinski definition) is 9. The highest BCUT2D eigenvalue weighted by molar-refractivity contribution is 6.02. The van der Waals surface area contributed by atoms with Crippen molar-refractivity contribution in [2.75, 3.05) is 64.0 Å². The van der Waals surface area contributed by atoms with Crippen LogP contribution in [-0.2, 0) is 4.79 Å². The average molecular weight is 591 g/mol. The van der Waals surface area contributed by atoms with Crippen molar-refractivity contribution in [1.82, 2.24) is 24.4 Å². The first-order valence-corrected chi connectivity index (χ1v) is 13.8. The summed E-state index contributed by atoms with van der Waals surface area (Å²) >= 11 is 0. The van der Waals surface area contributed by atoms with E-state index in [-0.39, 0.29) is 17.9 Å². The molecule has 2 aromatic carbocycles. The summed E-state index contributed by atoms with van der Waals surface area (Å²) in [5.74, 6) is 1.02. The first kappa shape index (κ1) is 31.2. The Morgan fingerprint density at radius 2 is 1.79 bits per heavy atom. The number of nitrogens with one attached hydrogen (secondary N) is 2. The third-order valence-corrected chi connectivity index (χ3v) is 6.99. The molecule has 0 atom stereocenters. The van der Waals surface area contributed by atoms with Crippen LogP contribution in [0.15, 0.2) is 43.1 Å². The van der Waals surface area contributed by atoms with Crippen LogP contribution in [0.25, 0.3) is 22.3 Å². The number of carbonyl (C=O) groups excluding carboxylic acids is 1. The van der Waals surface area contributed by atoms with Crippen molar-refractivity contribution in [2.24, 2.45) is 0 Å². The Morgan fingerprint density at radius 3 is 2.42 bits per heavy atom. The third-order valence-electron chi connectivity index (χ3n) is 6.99. The van der Waals surface area contributed by atoms with Crippen LogP contribution in [0.2, 0.25) is 0 Å². The predicted octanol–water partition coefficient (Wildman–Crippen LogP) is 5.40. The van der Waals surface area contributed by atoms with Gasteiger partial charge < -0.3 is 34.5 Å². The van der Waals surface area contributed by atoms with Crippen molar-refractivity contribution in [2.45, 2.75) is 26.8 Å². The number of aryl methyl sites for hydroxylation is 1. The maximum absolute atomic E-state index is 15.3. The zero-order valence-electron chi connectivity index (χ0n) is 25.9. The van der Waals surface area contributed by atoms with E-state index in [1.165, 1.54) is 25.4 Å². The zero-order valence-corrected chi connectivity index (χ0v) is 25.9. The van der Waals surface area contributed by atoms with E-state index < -0.39 is 5.82 Å². The van der Waals surface area contributed by atoms with Crippen molar-refractivity contribution in [3.05, 3.63) is 54.8 Å². The standard InChI is InChI=1S/C31H39FN8O3/c1-10-28(41)35-22-15-23(26(42-8)16-24(22)39(7)12-11-38(5)6)36-31-33-17-27(43-9)29(37-31)20-13-21(32)30-25(14-20)40(18(2)3)19(4)34-30/h10,13-18H,1,11-12H2,2-9H3,(H,35,41)(H,33,36,37). The second-order valence-corrected chi connectivity index (χ2v) is 10.7. The highest BCUT2D eigenvalue weighted by Gasteiger charge is 2.20. The number of benzene rings is 2. The van der Waals surface area contributed by atoms with Crippen LogP contribution >= 0.6 is 0 Å². The predicted molar refractivity (Wildman–Crippen MR) is 169 cm³/mol. The van der Waals surface area contributed by atoms with Gasteiger partial charge in [0, 0.05) is 37.8 Å². The number of nitrogens with zero attached hydrogens (tertiary/aromatic N) is 6. The van der Waals surface area contributed by atoms with E-state index in [0.717, 1.165) is 18.1 Å². The monoisotopic (exact) mass is 590 g/mol. The highest BCUT2D eigenvalue weighted by atomic mass is 19.1. The van der Waals surface area contributed by atoms with E-state index in [2.05, 4.69) is 32.1 Å². The number of ether oxygens (including phenoxy) is 2. The highest BCUT2D eigenvalue weighted by Crippen LogP contribution is 2.39. The average Bonchev–Trinajstić information content (AvgIpc) is 3.32. The molecule has 228 valence electrons. The fourth-order valence-electron chi connectivity index (χ4n) is 4.87. The lowest BCUT2D eigenvalue weighted by molar-refractivity contribution is -0.111. The Morgan fingerprint density at radius 1 is 1.07 bits per heavy atom. The minimum atomic E-state index is -0.455. The molecule has 4 rings (SSSR count). The van der Waals surface area contributed by atoms with E-state index in [9.17, 15) is 4.79 Å². The first-order valence-electron chi connectivity index (χ1n) is 13.8. The summed E-state index contributed by atoms with van der Waals surface area (Å²) < 4.78 is 28.6. The van der Waals surface area contributed by atoms with Gasteiger partial charge in [-0.1, -0.05) is 6.58 Å². The van der Waals surface area contributed by atoms with E-state index in [1.54, 1.807) is 13.2 Å². The second-order valence-electron chi connectivity index (χ2n) is 10.7. The molecule has 11 nitrogen and oxygen atoms in total. The molecular formula is C31H39FN8O3. The van der Waals surface area contributed by atoms with Gasteiger partial charge in [-0.05, 0) is 59.1 Å². The van der Waals surface area contributed by atoms with E-state index in [0.29, 0.717) is 51.7 Å². The van der Waals surface area contributed by atoms with Crippen molar-refractivity contribution < 1.29 is 18.7 Å². The molecule has 0 unspecified atom stereocenters. The largest absolute Gasteiger partial charge is 0.494 e. The number of amides is 1. The summed E-state index contributed by atoms with van der Waals surface area (Å²) in [6.07, 6.45) is 2.73. The van der Waals surface area contributed by atoms with E-state index >= 15 is 4.39 Å². The fraction of sp³-hybridized carbons (Fsp3) is 0.355. The van der Waals surface area contributed by atoms with Crippen LogP contribution in [0.4, 0.5) is 27.4 Å². The van der Waals surface area contributed by atoms with E-state index in [4.69, 9.17) is 14.5 Å². The van der Waals surface area contributed by atoms with Crippen molar-refractivity contribution >= 4 is 40.0 Å². The van der Waals surface area contributed by atoms with Crippen LogP contribution in [0, 0.1) is 12.7 Å². The van der Waals surface area contributed by atoms with Gasteiger partial charge in [0.05, 0.1) is 43.0 Å². The maximum atomic E-state index is 15.3. The van der Waals surface area contributed by atoms with Crippen LogP contribution in [0.3, 0.4) is 0 Å². The van der Waals surface area contributed by atoms with Crippen LogP contribution in [0.1, 0.15) is 25.7 Å². The number of fused-ring (bicyclic) bond motifs is 1. The topological polar surface area (TPSA) is 110 Å². The summed E-state index contributed by atoms with van der Waals surface area (Å²) in [5.41, 5.74) is 3.70. The summed E-state index contributed by atoms with van der Waals surface area (Å²) in [5, 5.41) is 6.08. The van der Waals surface area contributed by atoms with E-state index in [1.807, 2.05) is 63.5 Å². The van der Waals surface area contributed by atoms with Crippen molar-refractivity contribution in [3.8, 4) is 22.8 Å². The number of likely N-dealkylation sites (N-methyl/N-ethyl adjacent to an activating group) is 2. The number of imidazole rings is 1. The zero-order chi connectivity index (χ0) is 31.4. The van der Waals surface area contributed by atoms with Crippen LogP contribution in [0.5, 0.6) is 11.5 Å². The maximum Gasteiger partial charge on any atom is 0.247 e. The summed E-state index contributed by atoms with van der Waals surface area (Å²) in [6, 6.07) is 6.92. The molecule has 0 aliphatic carbocycles. The molecule has 0 saturated carbocycles. The molecule has 0 aliphatic heterocycles. The van der Waals surface area contributed by atoms with Gasteiger partial charge >= 0.3 is 0 Å². The summed E-state index contributed by atoms with van der Waals surface area (Å²) in [6.45, 7) is 11.0. The quantitative estimate of drug-likeness (QED) is 0.210. The van der Waals surface area contributed by atoms with Gasteiger partial charge in [0.1, 0.15) is 22.8 Å². The molecule has 43 heavy (non-hydrogen) atoms. The Balaban J connectivity index is 1.79. The van der Waals surface area contributed by atoms with Gasteiger partial charge in [-0.25, -0.2) is 19.3 Å². The van der Waals surface area contributed by atoms with Gasteiger partial charge in [0.2, 0.25) is 11.9 Å². The number of hydrogen-bond donors (Lipinski definition) is 2. The Hall–Kier alpha value is -4.71. The molecular weight excluding hydrogens is 551 g/mol. The number of carbonyl (C=O) groups is 1. The molecule has 0 aliphatic rings. The van der Waals surface area contributed by atoms with Crippen LogP contribution in [-0.4, -0.2) is 78.8 Å². The van der Waals surface area contributed by atoms with Gasteiger partial charge in [-0.3, -0.25) is 4.79 Å². The minimum Gasteiger partial charge on any atom is -0.494 e. The molecule has 1 amide bonds. The lowest BCUT2D eigenvalue weighted by Crippen LogP contribution is -2.29. The number of halogens is 1. The number of aromatic nitrogens is 4. The molecule has 2 aromatic heterocycles. The molecule has 0 fully saturated rings. The second kappa shape index (κ2) is 13.1. The van der Waals surface area contributed by atoms with Gasteiger partial charge in [0.25, 0.3) is 0 Å². The molecule has 0 radical (unpaired) electrons. The van der Waals surface area contributed by atoms with Crippen LogP contribution < -0.4 is 25.0 Å². The summed E-state index contributed by atoms with van der Waals surface area (Å²) in [7, 11) is 9.01. The first-order chi connectivity index (χ1) is 20.5. The molecule has 12 heteroatoms. The SMILES string of the molecule is C=CC(=O)Nc1cc(Nc2ncc(OC)c(-c3cc(F)c4nc(C)n(C(C)C)c4c3)n2)c(OC)cc1N(C)CCN(C)C. The molecule has 0 bridgehead atoms. The Kier molecular flexibility index (Phi) is 9.50. The molecule has 0 saturated heterocycles. The Bertz CT molecular complexity index is 1650. The number of rotatable bonds is 12. The molecule has 4 aromatic rings. The number of methoxy groups -OCH3 is 2. The molecule has 2 heterocycles. The van der Waals surface area contributed by atoms with Crippen molar-refractivity contribution in [1.29, 1.82) is 0 Å². The molecule has 2 N–H and O–H groups in total. The smallest absolute Gasteiger partial charge is 0.247 e. The Labute approximate surface area is 251 Å². The third kappa shape index (κ3) is 6.69. The van der Waals surface area contributed by atoms with Gasteiger partial charge in [-0.15, -0.1) is 0 Å². The lowest BCUT2D eigenvalue weighted by Gasteiger charge is -2.26. The minimum absolute atomic E-state index is 0.0808. The van der Waals surface area contributed by atoms with Gasteiger partial charge in [-0.2, -0.15) is 0 Å². The lowest BCUT2D eigenvalue weighted by atomic mass is 10.1. The van der Waals surface area contributed by atoms with Crippen molar-refractivity contribution in [3.63, 3.8) is 0 Å². The fourth-order valence-corrected chi connectivity index (χ4v) is 4.87. The summed E-state index contributed by atoms with van der Waals surface area (Å²) in [4.78, 5) is 30.0. The molecule has 0 spiro atoms.